The highest BCUT2D eigenvalue weighted by Crippen LogP contribution is 2.35. The van der Waals surface area contributed by atoms with Crippen LogP contribution in [0.2, 0.25) is 0 Å². The van der Waals surface area contributed by atoms with Crippen molar-refractivity contribution in [2.75, 3.05) is 14.2 Å². The van der Waals surface area contributed by atoms with Crippen LogP contribution < -0.4 is 19.5 Å². The lowest BCUT2D eigenvalue weighted by atomic mass is 10.1. The molecule has 0 unspecified atom stereocenters. The molecule has 0 aliphatic rings. The molecule has 178 valence electrons. The minimum Gasteiger partial charge on any atom is -0.487 e. The number of ether oxygens (including phenoxy) is 3. The van der Waals surface area contributed by atoms with Crippen LogP contribution in [0.1, 0.15) is 19.4 Å². The highest BCUT2D eigenvalue weighted by Gasteiger charge is 2.23. The molecule has 0 bridgehead atoms. The van der Waals surface area contributed by atoms with Gasteiger partial charge in [0.1, 0.15) is 25.0 Å². The minimum absolute atomic E-state index is 0.0405. The molecule has 9 nitrogen and oxygen atoms in total. The van der Waals surface area contributed by atoms with E-state index in [0.29, 0.717) is 5.75 Å². The van der Waals surface area contributed by atoms with Crippen LogP contribution in [0.3, 0.4) is 0 Å². The molecule has 2 aromatic carbocycles. The third kappa shape index (κ3) is 5.74. The van der Waals surface area contributed by atoms with E-state index in [1.165, 1.54) is 20.2 Å². The number of rotatable bonds is 9. The standard InChI is InChI=1S/C23H22F2N4O5/c1-13(2)32-16-7-5-6-8-17(16)33-22-19(25)23(28-12-27-22)34-18-11-14(24)9-10-15(18)20(29-31-4)21(30)26-3/h5-13H,1-4H3,(H,26,30). The molecule has 1 N–H and O–H groups in total. The summed E-state index contributed by atoms with van der Waals surface area (Å²) in [6.45, 7) is 3.68. The summed E-state index contributed by atoms with van der Waals surface area (Å²) in [5.41, 5.74) is -0.176. The molecule has 0 saturated carbocycles. The van der Waals surface area contributed by atoms with Crippen molar-refractivity contribution in [3.05, 3.63) is 66.0 Å². The number of hydrogen-bond donors (Lipinski definition) is 1. The van der Waals surface area contributed by atoms with E-state index in [0.717, 1.165) is 18.5 Å². The molecular formula is C23H22F2N4O5. The number of benzene rings is 2. The van der Waals surface area contributed by atoms with Gasteiger partial charge in [-0.3, -0.25) is 4.79 Å². The molecule has 11 heteroatoms. The van der Waals surface area contributed by atoms with Crippen molar-refractivity contribution in [3.8, 4) is 29.0 Å². The van der Waals surface area contributed by atoms with Crippen molar-refractivity contribution < 1.29 is 32.6 Å². The highest BCUT2D eigenvalue weighted by molar-refractivity contribution is 6.45. The Labute approximate surface area is 194 Å². The van der Waals surface area contributed by atoms with E-state index in [1.54, 1.807) is 24.3 Å². The second-order valence-electron chi connectivity index (χ2n) is 6.96. The third-order valence-electron chi connectivity index (χ3n) is 4.17. The molecule has 0 aliphatic heterocycles. The van der Waals surface area contributed by atoms with Crippen LogP contribution in [0.4, 0.5) is 8.78 Å². The smallest absolute Gasteiger partial charge is 0.273 e. The second kappa shape index (κ2) is 11.0. The fraction of sp³-hybridized carbons (Fsp3) is 0.217. The Hall–Kier alpha value is -4.28. The molecule has 3 aromatic rings. The average molecular weight is 472 g/mol. The maximum atomic E-state index is 15.2. The largest absolute Gasteiger partial charge is 0.487 e. The topological polar surface area (TPSA) is 104 Å². The van der Waals surface area contributed by atoms with Gasteiger partial charge in [-0.1, -0.05) is 17.3 Å². The monoisotopic (exact) mass is 472 g/mol. The third-order valence-corrected chi connectivity index (χ3v) is 4.17. The highest BCUT2D eigenvalue weighted by atomic mass is 19.1. The average Bonchev–Trinajstić information content (AvgIpc) is 2.81. The number of nitrogens with one attached hydrogen (secondary N) is 1. The van der Waals surface area contributed by atoms with E-state index in [2.05, 4.69) is 20.4 Å². The number of likely N-dealkylation sites (N-methyl/N-ethyl adjacent to an activating group) is 1. The van der Waals surface area contributed by atoms with E-state index < -0.39 is 29.3 Å². The van der Waals surface area contributed by atoms with Crippen molar-refractivity contribution in [3.63, 3.8) is 0 Å². The molecule has 1 heterocycles. The van der Waals surface area contributed by atoms with Crippen LogP contribution in [0.15, 0.2) is 53.9 Å². The normalized spacial score (nSPS) is 11.2. The first-order valence-corrected chi connectivity index (χ1v) is 10.1. The Morgan fingerprint density at radius 3 is 2.26 bits per heavy atom. The van der Waals surface area contributed by atoms with Gasteiger partial charge in [0.15, 0.2) is 17.2 Å². The molecule has 3 rings (SSSR count). The van der Waals surface area contributed by atoms with Crippen LogP contribution in [0, 0.1) is 11.6 Å². The summed E-state index contributed by atoms with van der Waals surface area (Å²) in [6.07, 6.45) is 0.871. The van der Waals surface area contributed by atoms with Gasteiger partial charge >= 0.3 is 0 Å². The van der Waals surface area contributed by atoms with Gasteiger partial charge in [-0.2, -0.15) is 14.4 Å². The van der Waals surface area contributed by atoms with E-state index in [9.17, 15) is 9.18 Å². The van der Waals surface area contributed by atoms with Crippen LogP contribution in [0.25, 0.3) is 0 Å². The maximum Gasteiger partial charge on any atom is 0.273 e. The Balaban J connectivity index is 1.98. The van der Waals surface area contributed by atoms with E-state index in [4.69, 9.17) is 19.0 Å². The molecule has 0 fully saturated rings. The van der Waals surface area contributed by atoms with Gasteiger partial charge in [0.25, 0.3) is 17.7 Å². The van der Waals surface area contributed by atoms with E-state index in [-0.39, 0.29) is 28.9 Å². The van der Waals surface area contributed by atoms with Gasteiger partial charge in [-0.25, -0.2) is 4.39 Å². The van der Waals surface area contributed by atoms with Gasteiger partial charge in [0.2, 0.25) is 5.82 Å². The number of nitrogens with zero attached hydrogens (tertiary/aromatic N) is 3. The van der Waals surface area contributed by atoms with E-state index in [1.807, 2.05) is 13.8 Å². The first-order chi connectivity index (χ1) is 16.3. The Morgan fingerprint density at radius 1 is 1.00 bits per heavy atom. The van der Waals surface area contributed by atoms with Gasteiger partial charge < -0.3 is 24.4 Å². The molecule has 0 saturated heterocycles. The summed E-state index contributed by atoms with van der Waals surface area (Å²) in [4.78, 5) is 24.5. The minimum atomic E-state index is -1.05. The second-order valence-corrected chi connectivity index (χ2v) is 6.96. The van der Waals surface area contributed by atoms with Crippen LogP contribution in [-0.2, 0) is 9.63 Å². The molecule has 1 amide bonds. The first-order valence-electron chi connectivity index (χ1n) is 10.1. The lowest BCUT2D eigenvalue weighted by Crippen LogP contribution is -2.29. The number of hydrogen-bond acceptors (Lipinski definition) is 8. The number of halogens is 2. The SMILES string of the molecule is CNC(=O)C(=NOC)c1ccc(F)cc1Oc1ncnc(Oc2ccccc2OC(C)C)c1F. The first kappa shape index (κ1) is 24.4. The van der Waals surface area contributed by atoms with Gasteiger partial charge in [-0.05, 0) is 38.1 Å². The zero-order chi connectivity index (χ0) is 24.7. The van der Waals surface area contributed by atoms with Gasteiger partial charge in [0.05, 0.1) is 11.7 Å². The summed E-state index contributed by atoms with van der Waals surface area (Å²) in [5.74, 6) is -3.01. The molecule has 34 heavy (non-hydrogen) atoms. The molecule has 0 aliphatic carbocycles. The van der Waals surface area contributed by atoms with Crippen molar-refractivity contribution in [1.29, 1.82) is 0 Å². The van der Waals surface area contributed by atoms with Crippen molar-refractivity contribution in [2.24, 2.45) is 5.16 Å². The summed E-state index contributed by atoms with van der Waals surface area (Å²) in [6, 6.07) is 9.97. The number of oxime groups is 1. The van der Waals surface area contributed by atoms with Gasteiger partial charge in [-0.15, -0.1) is 0 Å². The lowest BCUT2D eigenvalue weighted by molar-refractivity contribution is -0.114. The number of amides is 1. The fourth-order valence-corrected chi connectivity index (χ4v) is 2.77. The predicted molar refractivity (Wildman–Crippen MR) is 118 cm³/mol. The molecular weight excluding hydrogens is 450 g/mol. The van der Waals surface area contributed by atoms with Crippen molar-refractivity contribution in [1.82, 2.24) is 15.3 Å². The Bertz CT molecular complexity index is 1200. The van der Waals surface area contributed by atoms with Crippen LogP contribution in [0.5, 0.6) is 29.0 Å². The Morgan fingerprint density at radius 2 is 1.65 bits per heavy atom. The van der Waals surface area contributed by atoms with Gasteiger partial charge in [0, 0.05) is 13.1 Å². The number of aromatic nitrogens is 2. The number of carbonyl (C=O) groups excluding carboxylic acids is 1. The van der Waals surface area contributed by atoms with Crippen LogP contribution >= 0.6 is 0 Å². The molecule has 0 spiro atoms. The maximum absolute atomic E-state index is 15.2. The quantitative estimate of drug-likeness (QED) is 0.367. The summed E-state index contributed by atoms with van der Waals surface area (Å²) in [5, 5.41) is 6.05. The van der Waals surface area contributed by atoms with Crippen molar-refractivity contribution in [2.45, 2.75) is 20.0 Å². The lowest BCUT2D eigenvalue weighted by Gasteiger charge is -2.15. The van der Waals surface area contributed by atoms with Crippen LogP contribution in [-0.4, -0.2) is 41.8 Å². The molecule has 1 aromatic heterocycles. The predicted octanol–water partition coefficient (Wildman–Crippen LogP) is 4.22. The summed E-state index contributed by atoms with van der Waals surface area (Å²) in [7, 11) is 2.62. The zero-order valence-corrected chi connectivity index (χ0v) is 18.8. The number of carbonyl (C=O) groups is 1. The van der Waals surface area contributed by atoms with Crippen molar-refractivity contribution >= 4 is 11.6 Å². The summed E-state index contributed by atoms with van der Waals surface area (Å²) >= 11 is 0. The molecule has 0 atom stereocenters. The number of para-hydroxylation sites is 2. The van der Waals surface area contributed by atoms with E-state index >= 15 is 4.39 Å². The molecule has 0 radical (unpaired) electrons. The summed E-state index contributed by atoms with van der Waals surface area (Å²) < 4.78 is 46.0. The Kier molecular flexibility index (Phi) is 7.91. The fourth-order valence-electron chi connectivity index (χ4n) is 2.77. The zero-order valence-electron chi connectivity index (χ0n) is 18.8.